The zero-order valence-corrected chi connectivity index (χ0v) is 13.2. The number of pyridine rings is 1. The number of nitrogens with two attached hydrogens (primary N) is 1. The molecule has 0 bridgehead atoms. The van der Waals surface area contributed by atoms with Crippen LogP contribution in [-0.2, 0) is 0 Å². The maximum atomic E-state index is 5.72. The molecule has 0 spiro atoms. The van der Waals surface area contributed by atoms with E-state index in [0.29, 0.717) is 12.5 Å². The minimum absolute atomic E-state index is 0.426. The molecule has 1 unspecified atom stereocenters. The number of rotatable bonds is 4. The van der Waals surface area contributed by atoms with Gasteiger partial charge in [0.25, 0.3) is 0 Å². The Morgan fingerprint density at radius 1 is 1.24 bits per heavy atom. The molecule has 3 aromatic rings. The lowest BCUT2D eigenvalue weighted by atomic mass is 9.99. The van der Waals surface area contributed by atoms with E-state index < -0.39 is 0 Å². The highest BCUT2D eigenvalue weighted by Gasteiger charge is 2.18. The van der Waals surface area contributed by atoms with Gasteiger partial charge in [-0.1, -0.05) is 31.2 Å². The van der Waals surface area contributed by atoms with Gasteiger partial charge in [0.2, 0.25) is 0 Å². The van der Waals surface area contributed by atoms with Gasteiger partial charge in [0.15, 0.2) is 0 Å². The highest BCUT2D eigenvalue weighted by Crippen LogP contribution is 2.37. The normalized spacial score (nSPS) is 12.7. The molecule has 0 saturated carbocycles. The third kappa shape index (κ3) is 2.69. The molecule has 0 aliphatic heterocycles. The highest BCUT2D eigenvalue weighted by atomic mass is 32.1. The van der Waals surface area contributed by atoms with Gasteiger partial charge in [-0.3, -0.25) is 4.98 Å². The van der Waals surface area contributed by atoms with Gasteiger partial charge in [-0.15, -0.1) is 11.3 Å². The average Bonchev–Trinajstić information content (AvgIpc) is 2.89. The van der Waals surface area contributed by atoms with Crippen LogP contribution in [0.4, 0.5) is 0 Å². The molecule has 0 aliphatic carbocycles. The third-order valence-electron chi connectivity index (χ3n) is 3.70. The smallest absolute Gasteiger partial charge is 0.0904 e. The average molecular weight is 297 g/mol. The molecule has 108 valence electrons. The molecular formula is C17H19N3S. The van der Waals surface area contributed by atoms with E-state index in [2.05, 4.69) is 43.1 Å². The van der Waals surface area contributed by atoms with Crippen LogP contribution in [0.3, 0.4) is 0 Å². The SMILES string of the molecule is Cc1nc(-c2cccc3cccnc23)c(C(C)CCN)s1. The van der Waals surface area contributed by atoms with Crippen LogP contribution in [0.1, 0.15) is 29.1 Å². The Hall–Kier alpha value is -1.78. The number of hydrogen-bond acceptors (Lipinski definition) is 4. The minimum Gasteiger partial charge on any atom is -0.330 e. The van der Waals surface area contributed by atoms with Crippen molar-refractivity contribution in [1.82, 2.24) is 9.97 Å². The van der Waals surface area contributed by atoms with E-state index in [1.807, 2.05) is 12.3 Å². The van der Waals surface area contributed by atoms with Crippen LogP contribution in [0, 0.1) is 6.92 Å². The summed E-state index contributed by atoms with van der Waals surface area (Å²) in [5.41, 5.74) is 8.94. The first-order valence-electron chi connectivity index (χ1n) is 7.22. The Kier molecular flexibility index (Phi) is 3.99. The van der Waals surface area contributed by atoms with Gasteiger partial charge < -0.3 is 5.73 Å². The first-order chi connectivity index (χ1) is 10.2. The van der Waals surface area contributed by atoms with Crippen LogP contribution in [0.5, 0.6) is 0 Å². The molecule has 4 heteroatoms. The Labute approximate surface area is 128 Å². The Balaban J connectivity index is 2.19. The fourth-order valence-corrected chi connectivity index (χ4v) is 3.67. The Morgan fingerprint density at radius 3 is 2.86 bits per heavy atom. The zero-order chi connectivity index (χ0) is 14.8. The molecule has 1 atom stereocenters. The fraction of sp³-hybridized carbons (Fsp3) is 0.294. The third-order valence-corrected chi connectivity index (χ3v) is 4.90. The number of benzene rings is 1. The topological polar surface area (TPSA) is 51.8 Å². The Morgan fingerprint density at radius 2 is 2.05 bits per heavy atom. The summed E-state index contributed by atoms with van der Waals surface area (Å²) in [6.45, 7) is 4.98. The summed E-state index contributed by atoms with van der Waals surface area (Å²) in [5, 5.41) is 2.25. The summed E-state index contributed by atoms with van der Waals surface area (Å²) in [6, 6.07) is 10.3. The minimum atomic E-state index is 0.426. The van der Waals surface area contributed by atoms with Crippen LogP contribution in [0.15, 0.2) is 36.5 Å². The number of aromatic nitrogens is 2. The van der Waals surface area contributed by atoms with Gasteiger partial charge in [-0.05, 0) is 31.9 Å². The second-order valence-electron chi connectivity index (χ2n) is 5.30. The monoisotopic (exact) mass is 297 g/mol. The summed E-state index contributed by atoms with van der Waals surface area (Å²) in [4.78, 5) is 10.6. The van der Waals surface area contributed by atoms with E-state index in [0.717, 1.165) is 33.6 Å². The van der Waals surface area contributed by atoms with Crippen LogP contribution >= 0.6 is 11.3 Å². The van der Waals surface area contributed by atoms with Gasteiger partial charge in [0, 0.05) is 22.0 Å². The Bertz CT molecular complexity index is 758. The van der Waals surface area contributed by atoms with Crippen molar-refractivity contribution in [1.29, 1.82) is 0 Å². The molecule has 2 N–H and O–H groups in total. The summed E-state index contributed by atoms with van der Waals surface area (Å²) in [6.07, 6.45) is 2.82. The lowest BCUT2D eigenvalue weighted by Gasteiger charge is -2.11. The molecule has 0 aliphatic rings. The van der Waals surface area contributed by atoms with Gasteiger partial charge in [0.1, 0.15) is 0 Å². The van der Waals surface area contributed by atoms with Crippen LogP contribution in [-0.4, -0.2) is 16.5 Å². The summed E-state index contributed by atoms with van der Waals surface area (Å²) in [7, 11) is 0. The maximum Gasteiger partial charge on any atom is 0.0904 e. The van der Waals surface area contributed by atoms with Crippen molar-refractivity contribution in [2.75, 3.05) is 6.54 Å². The van der Waals surface area contributed by atoms with E-state index in [4.69, 9.17) is 10.7 Å². The number of aryl methyl sites for hydroxylation is 1. The molecule has 2 aromatic heterocycles. The predicted molar refractivity (Wildman–Crippen MR) is 89.7 cm³/mol. The molecule has 2 heterocycles. The molecule has 1 aromatic carbocycles. The zero-order valence-electron chi connectivity index (χ0n) is 12.3. The van der Waals surface area contributed by atoms with Gasteiger partial charge in [0.05, 0.1) is 16.2 Å². The number of hydrogen-bond donors (Lipinski definition) is 1. The second kappa shape index (κ2) is 5.92. The lowest BCUT2D eigenvalue weighted by Crippen LogP contribution is -2.04. The van der Waals surface area contributed by atoms with Gasteiger partial charge in [-0.2, -0.15) is 0 Å². The number of fused-ring (bicyclic) bond motifs is 1. The predicted octanol–water partition coefficient (Wildman–Crippen LogP) is 4.12. The molecule has 21 heavy (non-hydrogen) atoms. The van der Waals surface area contributed by atoms with Crippen LogP contribution < -0.4 is 5.73 Å². The summed E-state index contributed by atoms with van der Waals surface area (Å²) < 4.78 is 0. The van der Waals surface area contributed by atoms with Crippen molar-refractivity contribution in [2.45, 2.75) is 26.2 Å². The summed E-state index contributed by atoms with van der Waals surface area (Å²) >= 11 is 1.77. The fourth-order valence-electron chi connectivity index (χ4n) is 2.65. The largest absolute Gasteiger partial charge is 0.330 e. The van der Waals surface area contributed by atoms with E-state index >= 15 is 0 Å². The first-order valence-corrected chi connectivity index (χ1v) is 8.04. The summed E-state index contributed by atoms with van der Waals surface area (Å²) in [5.74, 6) is 0.426. The van der Waals surface area contributed by atoms with Crippen molar-refractivity contribution < 1.29 is 0 Å². The van der Waals surface area contributed by atoms with Gasteiger partial charge >= 0.3 is 0 Å². The lowest BCUT2D eigenvalue weighted by molar-refractivity contribution is 0.701. The molecular weight excluding hydrogens is 278 g/mol. The van der Waals surface area contributed by atoms with Crippen molar-refractivity contribution in [3.8, 4) is 11.3 Å². The van der Waals surface area contributed by atoms with Crippen molar-refractivity contribution in [2.24, 2.45) is 5.73 Å². The van der Waals surface area contributed by atoms with E-state index in [1.165, 1.54) is 4.88 Å². The van der Waals surface area contributed by atoms with Crippen molar-refractivity contribution in [3.05, 3.63) is 46.4 Å². The number of para-hydroxylation sites is 1. The van der Waals surface area contributed by atoms with Crippen LogP contribution in [0.25, 0.3) is 22.2 Å². The van der Waals surface area contributed by atoms with Crippen LogP contribution in [0.2, 0.25) is 0 Å². The molecule has 0 fully saturated rings. The molecule has 0 saturated heterocycles. The molecule has 0 radical (unpaired) electrons. The van der Waals surface area contributed by atoms with E-state index in [-0.39, 0.29) is 0 Å². The van der Waals surface area contributed by atoms with E-state index in [1.54, 1.807) is 11.3 Å². The quantitative estimate of drug-likeness (QED) is 0.788. The molecule has 3 rings (SSSR count). The number of thiazole rings is 1. The first kappa shape index (κ1) is 14.2. The van der Waals surface area contributed by atoms with E-state index in [9.17, 15) is 0 Å². The second-order valence-corrected chi connectivity index (χ2v) is 6.54. The number of nitrogens with zero attached hydrogens (tertiary/aromatic N) is 2. The maximum absolute atomic E-state index is 5.72. The molecule has 0 amide bonds. The van der Waals surface area contributed by atoms with Crippen molar-refractivity contribution in [3.63, 3.8) is 0 Å². The standard InChI is InChI=1S/C17H19N3S/c1-11(8-9-18)17-16(20-12(2)21-17)14-7-3-5-13-6-4-10-19-15(13)14/h3-7,10-11H,8-9,18H2,1-2H3. The molecule has 3 nitrogen and oxygen atoms in total. The van der Waals surface area contributed by atoms with Crippen molar-refractivity contribution >= 4 is 22.2 Å². The van der Waals surface area contributed by atoms with Gasteiger partial charge in [-0.25, -0.2) is 4.98 Å². The highest BCUT2D eigenvalue weighted by molar-refractivity contribution is 7.12.